The van der Waals surface area contributed by atoms with Gasteiger partial charge in [-0.2, -0.15) is 0 Å². The van der Waals surface area contributed by atoms with Gasteiger partial charge < -0.3 is 0 Å². The second-order valence-corrected chi connectivity index (χ2v) is 7.72. The maximum absolute atomic E-state index is 2.49. The molecule has 0 saturated heterocycles. The molecule has 1 aliphatic carbocycles. The van der Waals surface area contributed by atoms with Crippen molar-refractivity contribution in [1.29, 1.82) is 0 Å². The first-order chi connectivity index (χ1) is 9.38. The van der Waals surface area contributed by atoms with Crippen LogP contribution in [0, 0.1) is 0 Å². The smallest absolute Gasteiger partial charge is 0.00117 e. The first-order valence-corrected chi connectivity index (χ1v) is 8.60. The van der Waals surface area contributed by atoms with Gasteiger partial charge in [0.15, 0.2) is 0 Å². The van der Waals surface area contributed by atoms with Gasteiger partial charge in [-0.1, -0.05) is 55.8 Å². The summed E-state index contributed by atoms with van der Waals surface area (Å²) in [5.74, 6) is 0. The van der Waals surface area contributed by atoms with Crippen LogP contribution >= 0.6 is 7.92 Å². The molecule has 1 atom stereocenters. The van der Waals surface area contributed by atoms with Gasteiger partial charge in [0.2, 0.25) is 0 Å². The monoisotopic (exact) mass is 264 g/mol. The van der Waals surface area contributed by atoms with E-state index in [1.807, 2.05) is 0 Å². The number of fused-ring (bicyclic) bond motifs is 2. The highest BCUT2D eigenvalue weighted by molar-refractivity contribution is 7.70. The fraction of sp³-hybridized carbons (Fsp3) is 0.222. The molecule has 0 saturated carbocycles. The van der Waals surface area contributed by atoms with Gasteiger partial charge >= 0.3 is 0 Å². The van der Waals surface area contributed by atoms with Crippen molar-refractivity contribution < 1.29 is 0 Å². The average molecular weight is 264 g/mol. The van der Waals surface area contributed by atoms with Gasteiger partial charge in [-0.05, 0) is 59.5 Å². The van der Waals surface area contributed by atoms with Crippen LogP contribution in [0.2, 0.25) is 0 Å². The van der Waals surface area contributed by atoms with E-state index < -0.39 is 0 Å². The predicted octanol–water partition coefficient (Wildman–Crippen LogP) is 4.78. The molecule has 2 bridgehead atoms. The number of benzene rings is 2. The second kappa shape index (κ2) is 4.32. The van der Waals surface area contributed by atoms with Gasteiger partial charge in [-0.15, -0.1) is 0 Å². The van der Waals surface area contributed by atoms with Crippen LogP contribution in [0.3, 0.4) is 0 Å². The molecule has 0 spiro atoms. The summed E-state index contributed by atoms with van der Waals surface area (Å²) in [6.07, 6.45) is 6.28. The third kappa shape index (κ3) is 1.63. The molecular weight excluding hydrogens is 247 g/mol. The van der Waals surface area contributed by atoms with Gasteiger partial charge in [0.25, 0.3) is 0 Å². The van der Waals surface area contributed by atoms with Crippen molar-refractivity contribution >= 4 is 19.3 Å². The molecule has 0 aromatic heterocycles. The van der Waals surface area contributed by atoms with Crippen molar-refractivity contribution in [2.75, 3.05) is 6.16 Å². The Kier molecular flexibility index (Phi) is 2.60. The van der Waals surface area contributed by atoms with E-state index in [4.69, 9.17) is 0 Å². The predicted molar refractivity (Wildman–Crippen MR) is 85.3 cm³/mol. The minimum Gasteiger partial charge on any atom is -0.0650 e. The summed E-state index contributed by atoms with van der Waals surface area (Å²) in [5, 5.41) is 3.28. The lowest BCUT2D eigenvalue weighted by molar-refractivity contribution is 1.10. The molecule has 1 heterocycles. The third-order valence-corrected chi connectivity index (χ3v) is 7.00. The lowest BCUT2D eigenvalue weighted by atomic mass is 9.97. The zero-order valence-electron chi connectivity index (χ0n) is 11.2. The van der Waals surface area contributed by atoms with E-state index in [9.17, 15) is 0 Å². The molecule has 0 N–H and O–H groups in total. The maximum atomic E-state index is 2.49. The molecule has 0 fully saturated rings. The van der Waals surface area contributed by atoms with Gasteiger partial charge in [0, 0.05) is 0 Å². The van der Waals surface area contributed by atoms with E-state index in [0.717, 1.165) is 0 Å². The van der Waals surface area contributed by atoms with Crippen LogP contribution in [0.1, 0.15) is 24.5 Å². The highest BCUT2D eigenvalue weighted by Crippen LogP contribution is 2.55. The number of hydrogen-bond acceptors (Lipinski definition) is 0. The van der Waals surface area contributed by atoms with Crippen LogP contribution in [0.5, 0.6) is 0 Å². The fourth-order valence-electron chi connectivity index (χ4n) is 3.34. The van der Waals surface area contributed by atoms with Gasteiger partial charge in [-0.3, -0.25) is 0 Å². The van der Waals surface area contributed by atoms with Crippen molar-refractivity contribution in [1.82, 2.24) is 0 Å². The van der Waals surface area contributed by atoms with E-state index in [1.165, 1.54) is 41.3 Å². The third-order valence-electron chi connectivity index (χ3n) is 4.16. The molecule has 2 aromatic rings. The second-order valence-electron chi connectivity index (χ2n) is 5.36. The Morgan fingerprint density at radius 3 is 2.74 bits per heavy atom. The fourth-order valence-corrected chi connectivity index (χ4v) is 6.02. The molecule has 2 aliphatic rings. The van der Waals surface area contributed by atoms with E-state index in [0.29, 0.717) is 0 Å². The summed E-state index contributed by atoms with van der Waals surface area (Å²) < 4.78 is 0. The standard InChI is InChI=1S/C18H17P/c1-2-10-19-14-11-13-6-5-8-15(17(13)12-14)16-7-3-4-9-18(16)19/h3-9,12H,2,10-11H2,1H3. The summed E-state index contributed by atoms with van der Waals surface area (Å²) >= 11 is 0. The number of rotatable bonds is 2. The Hall–Kier alpha value is -1.39. The maximum Gasteiger partial charge on any atom is -0.00117 e. The molecule has 0 amide bonds. The highest BCUT2D eigenvalue weighted by Gasteiger charge is 2.28. The van der Waals surface area contributed by atoms with Crippen molar-refractivity contribution in [2.45, 2.75) is 19.8 Å². The Labute approximate surface area is 115 Å². The Morgan fingerprint density at radius 2 is 1.84 bits per heavy atom. The quantitative estimate of drug-likeness (QED) is 0.685. The largest absolute Gasteiger partial charge is 0.0650 e. The molecule has 94 valence electrons. The molecule has 0 radical (unpaired) electrons. The highest BCUT2D eigenvalue weighted by atomic mass is 31.1. The molecule has 2 aromatic carbocycles. The number of allylic oxidation sites excluding steroid dienone is 1. The molecule has 1 unspecified atom stereocenters. The minimum atomic E-state index is -0.117. The van der Waals surface area contributed by atoms with Crippen LogP contribution in [0.25, 0.3) is 17.2 Å². The summed E-state index contributed by atoms with van der Waals surface area (Å²) in [4.78, 5) is 0. The van der Waals surface area contributed by atoms with Gasteiger partial charge in [0.05, 0.1) is 0 Å². The average Bonchev–Trinajstić information content (AvgIpc) is 2.83. The normalized spacial score (nSPS) is 18.8. The van der Waals surface area contributed by atoms with Crippen molar-refractivity contribution in [3.63, 3.8) is 0 Å². The SMILES string of the molecule is CCCP1C2=Cc3c(cccc3-c3ccccc31)C2. The van der Waals surface area contributed by atoms with E-state index >= 15 is 0 Å². The topological polar surface area (TPSA) is 0 Å². The van der Waals surface area contributed by atoms with E-state index in [1.54, 1.807) is 10.6 Å². The van der Waals surface area contributed by atoms with Gasteiger partial charge in [-0.25, -0.2) is 0 Å². The summed E-state index contributed by atoms with van der Waals surface area (Å²) in [6, 6.07) is 15.9. The molecule has 1 aliphatic heterocycles. The van der Waals surface area contributed by atoms with Crippen LogP contribution in [-0.2, 0) is 6.42 Å². The van der Waals surface area contributed by atoms with Crippen LogP contribution in [-0.4, -0.2) is 6.16 Å². The molecular formula is C18H17P. The van der Waals surface area contributed by atoms with Crippen LogP contribution in [0.15, 0.2) is 47.8 Å². The minimum absolute atomic E-state index is 0.117. The Morgan fingerprint density at radius 1 is 1.00 bits per heavy atom. The lowest BCUT2D eigenvalue weighted by Gasteiger charge is -2.23. The molecule has 4 rings (SSSR count). The molecule has 0 nitrogen and oxygen atoms in total. The van der Waals surface area contributed by atoms with E-state index in [2.05, 4.69) is 55.5 Å². The first-order valence-electron chi connectivity index (χ1n) is 7.08. The first kappa shape index (κ1) is 11.4. The molecule has 19 heavy (non-hydrogen) atoms. The van der Waals surface area contributed by atoms with Crippen molar-refractivity contribution in [3.05, 3.63) is 58.9 Å². The van der Waals surface area contributed by atoms with Gasteiger partial charge in [0.1, 0.15) is 0 Å². The number of hydrogen-bond donors (Lipinski definition) is 0. The zero-order valence-corrected chi connectivity index (χ0v) is 12.1. The summed E-state index contributed by atoms with van der Waals surface area (Å²) in [5.41, 5.74) is 5.95. The Balaban J connectivity index is 2.02. The Bertz CT molecular complexity index is 682. The zero-order chi connectivity index (χ0) is 12.8. The molecule has 1 heteroatoms. The summed E-state index contributed by atoms with van der Waals surface area (Å²) in [6.45, 7) is 2.31. The van der Waals surface area contributed by atoms with Crippen LogP contribution in [0.4, 0.5) is 0 Å². The summed E-state index contributed by atoms with van der Waals surface area (Å²) in [7, 11) is -0.117. The van der Waals surface area contributed by atoms with E-state index in [-0.39, 0.29) is 7.92 Å². The van der Waals surface area contributed by atoms with Crippen LogP contribution < -0.4 is 5.30 Å². The van der Waals surface area contributed by atoms with Crippen molar-refractivity contribution in [3.8, 4) is 11.1 Å². The lowest BCUT2D eigenvalue weighted by Crippen LogP contribution is -2.10. The van der Waals surface area contributed by atoms with Crippen molar-refractivity contribution in [2.24, 2.45) is 0 Å².